The van der Waals surface area contributed by atoms with Gasteiger partial charge in [0.15, 0.2) is 0 Å². The zero-order valence-electron chi connectivity index (χ0n) is 16.0. The number of nitrogens with zero attached hydrogens (tertiary/aromatic N) is 1. The normalized spacial score (nSPS) is 14.3. The Hall–Kier alpha value is -2.77. The Kier molecular flexibility index (Phi) is 7.18. The molecule has 0 unspecified atom stereocenters. The maximum atomic E-state index is 12.4. The fourth-order valence-corrected chi connectivity index (χ4v) is 3.74. The van der Waals surface area contributed by atoms with E-state index in [2.05, 4.69) is 10.6 Å². The number of phenols is 1. The zero-order chi connectivity index (χ0) is 21.7. The number of anilines is 1. The number of hydrogen-bond acceptors (Lipinski definition) is 4. The molecular formula is C21H21Cl2N3O4. The minimum absolute atomic E-state index is 0.00926. The third kappa shape index (κ3) is 5.43. The van der Waals surface area contributed by atoms with Gasteiger partial charge < -0.3 is 20.6 Å². The summed E-state index contributed by atoms with van der Waals surface area (Å²) in [5.74, 6) is -1.12. The third-order valence-electron chi connectivity index (χ3n) is 4.96. The lowest BCUT2D eigenvalue weighted by atomic mass is 9.95. The number of nitrogens with one attached hydrogen (secondary N) is 2. The van der Waals surface area contributed by atoms with Gasteiger partial charge in [-0.15, -0.1) is 0 Å². The molecule has 1 heterocycles. The lowest BCUT2D eigenvalue weighted by molar-refractivity contribution is -0.133. The number of halogens is 2. The molecule has 0 aliphatic carbocycles. The van der Waals surface area contributed by atoms with Gasteiger partial charge in [-0.2, -0.15) is 0 Å². The lowest BCUT2D eigenvalue weighted by Gasteiger charge is -2.31. The van der Waals surface area contributed by atoms with E-state index in [1.54, 1.807) is 29.2 Å². The monoisotopic (exact) mass is 449 g/mol. The van der Waals surface area contributed by atoms with Crippen LogP contribution in [0.2, 0.25) is 10.0 Å². The van der Waals surface area contributed by atoms with Crippen molar-refractivity contribution in [2.75, 3.05) is 25.0 Å². The van der Waals surface area contributed by atoms with E-state index in [0.29, 0.717) is 36.6 Å². The fourth-order valence-electron chi connectivity index (χ4n) is 3.24. The van der Waals surface area contributed by atoms with Crippen LogP contribution in [0.3, 0.4) is 0 Å². The van der Waals surface area contributed by atoms with Crippen molar-refractivity contribution in [1.82, 2.24) is 10.2 Å². The van der Waals surface area contributed by atoms with Crippen molar-refractivity contribution in [3.63, 3.8) is 0 Å². The number of para-hydroxylation sites is 2. The Labute approximate surface area is 184 Å². The molecule has 3 N–H and O–H groups in total. The molecule has 1 fully saturated rings. The summed E-state index contributed by atoms with van der Waals surface area (Å²) in [6.45, 7) is 0.664. The maximum absolute atomic E-state index is 12.4. The number of carbonyl (C=O) groups is 3. The second-order valence-corrected chi connectivity index (χ2v) is 7.81. The molecule has 1 aliphatic rings. The summed E-state index contributed by atoms with van der Waals surface area (Å²) < 4.78 is 0. The quantitative estimate of drug-likeness (QED) is 0.609. The first kappa shape index (κ1) is 21.9. The molecule has 1 aliphatic heterocycles. The van der Waals surface area contributed by atoms with E-state index in [1.165, 1.54) is 18.2 Å². The van der Waals surface area contributed by atoms with Gasteiger partial charge in [0.25, 0.3) is 5.91 Å². The fraction of sp³-hybridized carbons (Fsp3) is 0.286. The Morgan fingerprint density at radius 1 is 1.07 bits per heavy atom. The van der Waals surface area contributed by atoms with Gasteiger partial charge in [0.05, 0.1) is 22.8 Å². The molecule has 158 valence electrons. The van der Waals surface area contributed by atoms with E-state index in [0.717, 1.165) is 0 Å². The Bertz CT molecular complexity index is 959. The SMILES string of the molecule is O=C(NCC(=O)N1CCC(C(=O)Nc2ccccc2O)CC1)c1ccc(Cl)cc1Cl. The minimum Gasteiger partial charge on any atom is -0.506 e. The average Bonchev–Trinajstić information content (AvgIpc) is 2.73. The number of piperidine rings is 1. The van der Waals surface area contributed by atoms with Crippen molar-refractivity contribution in [3.8, 4) is 5.75 Å². The van der Waals surface area contributed by atoms with Crippen molar-refractivity contribution in [2.24, 2.45) is 5.92 Å². The van der Waals surface area contributed by atoms with Crippen LogP contribution in [0.25, 0.3) is 0 Å². The summed E-state index contributed by atoms with van der Waals surface area (Å²) in [4.78, 5) is 38.7. The number of likely N-dealkylation sites (tertiary alicyclic amines) is 1. The third-order valence-corrected chi connectivity index (χ3v) is 5.50. The molecule has 0 bridgehead atoms. The van der Waals surface area contributed by atoms with Crippen LogP contribution in [0.5, 0.6) is 5.75 Å². The first-order valence-electron chi connectivity index (χ1n) is 9.45. The average molecular weight is 450 g/mol. The summed E-state index contributed by atoms with van der Waals surface area (Å²) in [7, 11) is 0. The van der Waals surface area contributed by atoms with Crippen molar-refractivity contribution >= 4 is 46.6 Å². The van der Waals surface area contributed by atoms with Crippen molar-refractivity contribution < 1.29 is 19.5 Å². The predicted octanol–water partition coefficient (Wildman–Crippen LogP) is 3.31. The van der Waals surface area contributed by atoms with Crippen LogP contribution in [0, 0.1) is 5.92 Å². The molecule has 0 aromatic heterocycles. The van der Waals surface area contributed by atoms with E-state index in [1.807, 2.05) is 0 Å². The molecule has 9 heteroatoms. The van der Waals surface area contributed by atoms with Gasteiger partial charge in [-0.25, -0.2) is 0 Å². The second-order valence-electron chi connectivity index (χ2n) is 6.97. The first-order valence-corrected chi connectivity index (χ1v) is 10.2. The molecule has 7 nitrogen and oxygen atoms in total. The van der Waals surface area contributed by atoms with Gasteiger partial charge in [0, 0.05) is 24.0 Å². The van der Waals surface area contributed by atoms with Gasteiger partial charge in [-0.05, 0) is 43.2 Å². The highest BCUT2D eigenvalue weighted by Gasteiger charge is 2.28. The molecule has 0 radical (unpaired) electrons. The molecule has 0 saturated carbocycles. The number of aromatic hydroxyl groups is 1. The van der Waals surface area contributed by atoms with Gasteiger partial charge >= 0.3 is 0 Å². The molecule has 1 saturated heterocycles. The van der Waals surface area contributed by atoms with Crippen LogP contribution in [0.1, 0.15) is 23.2 Å². The van der Waals surface area contributed by atoms with Crippen LogP contribution < -0.4 is 10.6 Å². The molecule has 30 heavy (non-hydrogen) atoms. The smallest absolute Gasteiger partial charge is 0.253 e. The number of hydrogen-bond donors (Lipinski definition) is 3. The van der Waals surface area contributed by atoms with Gasteiger partial charge in [-0.3, -0.25) is 14.4 Å². The van der Waals surface area contributed by atoms with E-state index in [4.69, 9.17) is 23.2 Å². The highest BCUT2D eigenvalue weighted by molar-refractivity contribution is 6.36. The topological polar surface area (TPSA) is 98.7 Å². The van der Waals surface area contributed by atoms with E-state index in [-0.39, 0.29) is 40.6 Å². The van der Waals surface area contributed by atoms with Crippen molar-refractivity contribution in [1.29, 1.82) is 0 Å². The van der Waals surface area contributed by atoms with E-state index >= 15 is 0 Å². The molecule has 2 aromatic carbocycles. The van der Waals surface area contributed by atoms with Crippen LogP contribution in [0.4, 0.5) is 5.69 Å². The summed E-state index contributed by atoms with van der Waals surface area (Å²) >= 11 is 11.8. The molecule has 3 amide bonds. The van der Waals surface area contributed by atoms with Crippen LogP contribution >= 0.6 is 23.2 Å². The number of carbonyl (C=O) groups excluding carboxylic acids is 3. The minimum atomic E-state index is -0.457. The zero-order valence-corrected chi connectivity index (χ0v) is 17.5. The summed E-state index contributed by atoms with van der Waals surface area (Å²) in [6, 6.07) is 11.0. The predicted molar refractivity (Wildman–Crippen MR) is 115 cm³/mol. The van der Waals surface area contributed by atoms with Gasteiger partial charge in [0.2, 0.25) is 11.8 Å². The number of amides is 3. The standard InChI is InChI=1S/C21H21Cl2N3O4/c22-14-5-6-15(16(23)11-14)21(30)24-12-19(28)26-9-7-13(8-10-26)20(29)25-17-3-1-2-4-18(17)27/h1-6,11,13,27H,7-10,12H2,(H,24,30)(H,25,29). The Balaban J connectivity index is 1.46. The van der Waals surface area contributed by atoms with Crippen LogP contribution in [0.15, 0.2) is 42.5 Å². The van der Waals surface area contributed by atoms with Crippen LogP contribution in [-0.2, 0) is 9.59 Å². The Morgan fingerprint density at radius 2 is 1.77 bits per heavy atom. The number of rotatable bonds is 5. The molecular weight excluding hydrogens is 429 g/mol. The van der Waals surface area contributed by atoms with Gasteiger partial charge in [-0.1, -0.05) is 35.3 Å². The summed E-state index contributed by atoms with van der Waals surface area (Å²) in [5, 5.41) is 15.7. The molecule has 3 rings (SSSR count). The van der Waals surface area contributed by atoms with Crippen molar-refractivity contribution in [3.05, 3.63) is 58.1 Å². The van der Waals surface area contributed by atoms with Crippen molar-refractivity contribution in [2.45, 2.75) is 12.8 Å². The lowest BCUT2D eigenvalue weighted by Crippen LogP contribution is -2.45. The maximum Gasteiger partial charge on any atom is 0.253 e. The van der Waals surface area contributed by atoms with Gasteiger partial charge in [0.1, 0.15) is 5.75 Å². The summed E-state index contributed by atoms with van der Waals surface area (Å²) in [5.41, 5.74) is 0.609. The molecule has 0 spiro atoms. The summed E-state index contributed by atoms with van der Waals surface area (Å²) in [6.07, 6.45) is 1.00. The molecule has 0 atom stereocenters. The highest BCUT2D eigenvalue weighted by atomic mass is 35.5. The molecule has 2 aromatic rings. The Morgan fingerprint density at radius 3 is 2.43 bits per heavy atom. The van der Waals surface area contributed by atoms with Crippen LogP contribution in [-0.4, -0.2) is 47.4 Å². The largest absolute Gasteiger partial charge is 0.506 e. The highest BCUT2D eigenvalue weighted by Crippen LogP contribution is 2.25. The van der Waals surface area contributed by atoms with E-state index in [9.17, 15) is 19.5 Å². The number of benzene rings is 2. The van der Waals surface area contributed by atoms with E-state index < -0.39 is 5.91 Å². The number of phenolic OH excluding ortho intramolecular Hbond substituents is 1. The first-order chi connectivity index (χ1) is 14.3. The second kappa shape index (κ2) is 9.82.